The van der Waals surface area contributed by atoms with E-state index in [0.29, 0.717) is 17.1 Å². The highest BCUT2D eigenvalue weighted by Gasteiger charge is 2.29. The van der Waals surface area contributed by atoms with Crippen molar-refractivity contribution >= 4 is 22.1 Å². The van der Waals surface area contributed by atoms with E-state index in [1.165, 1.54) is 0 Å². The first-order valence-electron chi connectivity index (χ1n) is 5.74. The summed E-state index contributed by atoms with van der Waals surface area (Å²) in [5, 5.41) is 6.97. The summed E-state index contributed by atoms with van der Waals surface area (Å²) in [5.41, 5.74) is 0. The van der Waals surface area contributed by atoms with E-state index in [2.05, 4.69) is 10.2 Å². The zero-order valence-electron chi connectivity index (χ0n) is 10.0. The van der Waals surface area contributed by atoms with Crippen LogP contribution in [-0.4, -0.2) is 34.7 Å². The Morgan fingerprint density at radius 3 is 2.82 bits per heavy atom. The molecule has 0 radical (unpaired) electrons. The largest absolute Gasteiger partial charge is 0.304 e. The Labute approximate surface area is 106 Å². The molecular weight excluding hydrogens is 258 g/mol. The molecule has 1 aliphatic heterocycles. The highest BCUT2D eigenvalue weighted by molar-refractivity contribution is 7.91. The fraction of sp³-hybridized carbons (Fsp3) is 0.800. The van der Waals surface area contributed by atoms with Crippen LogP contribution in [0.15, 0.2) is 0 Å². The topological polar surface area (TPSA) is 67.8 Å². The number of nitrogens with zero attached hydrogens (tertiary/aromatic N) is 2. The molecule has 1 N–H and O–H groups in total. The van der Waals surface area contributed by atoms with Crippen molar-refractivity contribution in [2.75, 3.05) is 11.5 Å². The van der Waals surface area contributed by atoms with Crippen molar-refractivity contribution in [1.82, 2.24) is 14.8 Å². The van der Waals surface area contributed by atoms with Crippen LogP contribution in [0.25, 0.3) is 0 Å². The van der Waals surface area contributed by atoms with Gasteiger partial charge >= 0.3 is 0 Å². The Kier molecular flexibility index (Phi) is 3.40. The number of hydrogen-bond acceptors (Lipinski definition) is 4. The zero-order chi connectivity index (χ0) is 12.6. The van der Waals surface area contributed by atoms with Gasteiger partial charge in [0.05, 0.1) is 11.5 Å². The van der Waals surface area contributed by atoms with Crippen LogP contribution in [0.1, 0.15) is 32.0 Å². The normalized spacial score (nSPS) is 23.4. The average Bonchev–Trinajstić information content (AvgIpc) is 2.72. The number of sulfone groups is 1. The second-order valence-corrected chi connectivity index (χ2v) is 7.54. The van der Waals surface area contributed by atoms with Gasteiger partial charge in [0.1, 0.15) is 5.82 Å². The van der Waals surface area contributed by atoms with E-state index in [9.17, 15) is 8.42 Å². The molecule has 0 aliphatic carbocycles. The van der Waals surface area contributed by atoms with Gasteiger partial charge < -0.3 is 4.57 Å². The van der Waals surface area contributed by atoms with Gasteiger partial charge in [0.25, 0.3) is 0 Å². The van der Waals surface area contributed by atoms with Gasteiger partial charge in [-0.05, 0) is 24.6 Å². The number of H-pyrrole nitrogens is 1. The molecule has 1 fully saturated rings. The maximum atomic E-state index is 11.4. The number of aromatic amines is 1. The molecule has 0 spiro atoms. The fourth-order valence-electron chi connectivity index (χ4n) is 2.22. The van der Waals surface area contributed by atoms with Crippen LogP contribution in [0.3, 0.4) is 0 Å². The third-order valence-corrected chi connectivity index (χ3v) is 5.22. The standard InChI is InChI=1S/C10H17N3O2S2/c1-7(2)9-11-12-10(16)13(9)5-8-3-4-17(14,15)6-8/h7-8H,3-6H2,1-2H3,(H,12,16). The van der Waals surface area contributed by atoms with E-state index in [0.717, 1.165) is 12.2 Å². The first-order valence-corrected chi connectivity index (χ1v) is 7.97. The molecular formula is C10H17N3O2S2. The molecule has 0 aromatic carbocycles. The van der Waals surface area contributed by atoms with Crippen LogP contribution < -0.4 is 0 Å². The van der Waals surface area contributed by atoms with Crippen molar-refractivity contribution in [3.63, 3.8) is 0 Å². The Balaban J connectivity index is 2.20. The highest BCUT2D eigenvalue weighted by Crippen LogP contribution is 2.22. The molecule has 2 heterocycles. The van der Waals surface area contributed by atoms with Crippen molar-refractivity contribution in [3.05, 3.63) is 10.6 Å². The predicted octanol–water partition coefficient (Wildman–Crippen LogP) is 1.50. The lowest BCUT2D eigenvalue weighted by Crippen LogP contribution is -2.15. The Morgan fingerprint density at radius 2 is 2.29 bits per heavy atom. The van der Waals surface area contributed by atoms with Gasteiger partial charge in [0.2, 0.25) is 0 Å². The van der Waals surface area contributed by atoms with E-state index in [4.69, 9.17) is 12.2 Å². The lowest BCUT2D eigenvalue weighted by Gasteiger charge is -2.12. The van der Waals surface area contributed by atoms with Crippen molar-refractivity contribution in [3.8, 4) is 0 Å². The number of hydrogen-bond donors (Lipinski definition) is 1. The van der Waals surface area contributed by atoms with Crippen molar-refractivity contribution in [2.24, 2.45) is 5.92 Å². The van der Waals surface area contributed by atoms with E-state index in [1.54, 1.807) is 0 Å². The molecule has 0 saturated carbocycles. The molecule has 5 nitrogen and oxygen atoms in total. The molecule has 1 aromatic heterocycles. The van der Waals surface area contributed by atoms with Gasteiger partial charge in [-0.25, -0.2) is 8.42 Å². The minimum Gasteiger partial charge on any atom is -0.304 e. The number of nitrogens with one attached hydrogen (secondary N) is 1. The summed E-state index contributed by atoms with van der Waals surface area (Å²) in [6, 6.07) is 0. The van der Waals surface area contributed by atoms with Crippen LogP contribution in [0, 0.1) is 10.7 Å². The van der Waals surface area contributed by atoms with Gasteiger partial charge in [-0.3, -0.25) is 5.10 Å². The van der Waals surface area contributed by atoms with Crippen LogP contribution in [-0.2, 0) is 16.4 Å². The summed E-state index contributed by atoms with van der Waals surface area (Å²) in [4.78, 5) is 0. The summed E-state index contributed by atoms with van der Waals surface area (Å²) in [6.45, 7) is 4.75. The van der Waals surface area contributed by atoms with Crippen LogP contribution in [0.5, 0.6) is 0 Å². The Morgan fingerprint density at radius 1 is 1.59 bits per heavy atom. The van der Waals surface area contributed by atoms with Crippen molar-refractivity contribution in [1.29, 1.82) is 0 Å². The van der Waals surface area contributed by atoms with Gasteiger partial charge in [-0.2, -0.15) is 5.10 Å². The minimum atomic E-state index is -2.82. The number of rotatable bonds is 3. The van der Waals surface area contributed by atoms with E-state index >= 15 is 0 Å². The summed E-state index contributed by atoms with van der Waals surface area (Å²) >= 11 is 5.18. The lowest BCUT2D eigenvalue weighted by molar-refractivity contribution is 0.468. The first-order chi connectivity index (χ1) is 7.89. The van der Waals surface area contributed by atoms with E-state index in [1.807, 2.05) is 18.4 Å². The maximum Gasteiger partial charge on any atom is 0.195 e. The average molecular weight is 275 g/mol. The quantitative estimate of drug-likeness (QED) is 0.849. The molecule has 1 atom stereocenters. The molecule has 0 bridgehead atoms. The molecule has 0 amide bonds. The smallest absolute Gasteiger partial charge is 0.195 e. The SMILES string of the molecule is CC(C)c1n[nH]c(=S)n1CC1CCS(=O)(=O)C1. The molecule has 1 saturated heterocycles. The van der Waals surface area contributed by atoms with Crippen molar-refractivity contribution in [2.45, 2.75) is 32.7 Å². The summed E-state index contributed by atoms with van der Waals surface area (Å²) in [6.07, 6.45) is 0.729. The fourth-order valence-corrected chi connectivity index (χ4v) is 4.28. The molecule has 7 heteroatoms. The van der Waals surface area contributed by atoms with Gasteiger partial charge in [0, 0.05) is 12.5 Å². The van der Waals surface area contributed by atoms with E-state index in [-0.39, 0.29) is 17.6 Å². The Hall–Kier alpha value is -0.690. The molecule has 2 rings (SSSR count). The van der Waals surface area contributed by atoms with Gasteiger partial charge in [-0.1, -0.05) is 13.8 Å². The molecule has 96 valence electrons. The monoisotopic (exact) mass is 275 g/mol. The van der Waals surface area contributed by atoms with Crippen LogP contribution in [0.2, 0.25) is 0 Å². The van der Waals surface area contributed by atoms with Gasteiger partial charge in [-0.15, -0.1) is 0 Å². The highest BCUT2D eigenvalue weighted by atomic mass is 32.2. The minimum absolute atomic E-state index is 0.168. The summed E-state index contributed by atoms with van der Waals surface area (Å²) < 4.78 is 25.3. The second-order valence-electron chi connectivity index (χ2n) is 4.92. The lowest BCUT2D eigenvalue weighted by atomic mass is 10.1. The molecule has 17 heavy (non-hydrogen) atoms. The number of aromatic nitrogens is 3. The maximum absolute atomic E-state index is 11.4. The van der Waals surface area contributed by atoms with Crippen LogP contribution >= 0.6 is 12.2 Å². The van der Waals surface area contributed by atoms with E-state index < -0.39 is 9.84 Å². The molecule has 1 aromatic rings. The zero-order valence-corrected chi connectivity index (χ0v) is 11.6. The predicted molar refractivity (Wildman–Crippen MR) is 68.3 cm³/mol. The van der Waals surface area contributed by atoms with Gasteiger partial charge in [0.15, 0.2) is 14.6 Å². The molecule has 1 aliphatic rings. The molecule has 1 unspecified atom stereocenters. The second kappa shape index (κ2) is 4.53. The Bertz CT molecular complexity index is 556. The van der Waals surface area contributed by atoms with Crippen molar-refractivity contribution < 1.29 is 8.42 Å². The third-order valence-electron chi connectivity index (χ3n) is 3.07. The van der Waals surface area contributed by atoms with Crippen LogP contribution in [0.4, 0.5) is 0 Å². The first kappa shape index (κ1) is 12.8. The third kappa shape index (κ3) is 2.77. The summed E-state index contributed by atoms with van der Waals surface area (Å²) in [5.74, 6) is 1.93. The summed E-state index contributed by atoms with van der Waals surface area (Å²) in [7, 11) is -2.82.